The molecule has 4 fully saturated rings. The number of halogens is 3. The van der Waals surface area contributed by atoms with Crippen LogP contribution in [-0.2, 0) is 0 Å². The van der Waals surface area contributed by atoms with Crippen LogP contribution in [-0.4, -0.2) is 90.7 Å². The summed E-state index contributed by atoms with van der Waals surface area (Å²) < 4.78 is 44.5. The van der Waals surface area contributed by atoms with E-state index in [2.05, 4.69) is 42.2 Å². The number of allylic oxidation sites excluding steroid dienone is 1. The first kappa shape index (κ1) is 30.7. The molecule has 3 unspecified atom stereocenters. The molecule has 1 spiro atoms. The highest BCUT2D eigenvalue weighted by Gasteiger charge is 2.56. The predicted octanol–water partition coefficient (Wildman–Crippen LogP) is 6.53. The maximum atomic E-state index is 14.8. The summed E-state index contributed by atoms with van der Waals surface area (Å²) in [4.78, 5) is 16.0. The second-order valence-corrected chi connectivity index (χ2v) is 15.2. The molecule has 8 rings (SSSR count). The summed E-state index contributed by atoms with van der Waals surface area (Å²) in [5.41, 5.74) is 3.97. The van der Waals surface area contributed by atoms with Crippen LogP contribution in [0.2, 0.25) is 0 Å². The van der Waals surface area contributed by atoms with E-state index in [1.807, 2.05) is 43.8 Å². The van der Waals surface area contributed by atoms with Crippen molar-refractivity contribution in [2.45, 2.75) is 57.8 Å². The minimum absolute atomic E-state index is 0.1000. The van der Waals surface area contributed by atoms with E-state index in [0.717, 1.165) is 65.6 Å². The molecular formula is C36H45F3N8. The van der Waals surface area contributed by atoms with Crippen LogP contribution < -0.4 is 10.2 Å². The summed E-state index contributed by atoms with van der Waals surface area (Å²) in [5.74, 6) is 0.657. The molecule has 6 aliphatic rings. The Labute approximate surface area is 275 Å². The molecule has 3 atom stereocenters. The summed E-state index contributed by atoms with van der Waals surface area (Å²) >= 11 is 0. The van der Waals surface area contributed by atoms with E-state index in [9.17, 15) is 13.2 Å². The maximum absolute atomic E-state index is 14.8. The monoisotopic (exact) mass is 646 g/mol. The number of anilines is 2. The molecule has 2 aromatic rings. The molecule has 8 nitrogen and oxygen atoms in total. The van der Waals surface area contributed by atoms with Gasteiger partial charge in [0, 0.05) is 75.8 Å². The van der Waals surface area contributed by atoms with Gasteiger partial charge < -0.3 is 15.1 Å². The Morgan fingerprint density at radius 1 is 1.09 bits per heavy atom. The highest BCUT2D eigenvalue weighted by Crippen LogP contribution is 2.55. The SMILES string of the molecule is CN1C=NN(C)C1c1ccncc1-c1cc(NCCC2CC2)nc(N2CC3=CC(CN4CCC5(CC5)C4)=CC(C(F)(F)F)C3(C)C2)c1. The van der Waals surface area contributed by atoms with Gasteiger partial charge in [0.05, 0.1) is 5.92 Å². The number of nitrogens with one attached hydrogen (secondary N) is 1. The van der Waals surface area contributed by atoms with Crippen LogP contribution in [0.1, 0.15) is 57.2 Å². The highest BCUT2D eigenvalue weighted by atomic mass is 19.4. The molecule has 2 saturated heterocycles. The molecule has 3 aliphatic carbocycles. The molecule has 0 aromatic carbocycles. The summed E-state index contributed by atoms with van der Waals surface area (Å²) in [6, 6.07) is 6.10. The Kier molecular flexibility index (Phi) is 7.35. The molecule has 0 amide bonds. The van der Waals surface area contributed by atoms with Gasteiger partial charge in [0.25, 0.3) is 0 Å². The summed E-state index contributed by atoms with van der Waals surface area (Å²) in [5, 5.41) is 9.94. The van der Waals surface area contributed by atoms with Crippen LogP contribution >= 0.6 is 0 Å². The van der Waals surface area contributed by atoms with Gasteiger partial charge in [-0.25, -0.2) is 4.98 Å². The largest absolute Gasteiger partial charge is 0.396 e. The number of likely N-dealkylation sites (tertiary alicyclic amines) is 1. The first-order chi connectivity index (χ1) is 22.5. The molecule has 250 valence electrons. The topological polar surface area (TPSA) is 63.1 Å². The number of alkyl halides is 3. The second-order valence-electron chi connectivity index (χ2n) is 15.2. The lowest BCUT2D eigenvalue weighted by Crippen LogP contribution is -2.42. The Morgan fingerprint density at radius 2 is 1.91 bits per heavy atom. The zero-order valence-corrected chi connectivity index (χ0v) is 27.6. The third-order valence-corrected chi connectivity index (χ3v) is 11.6. The fraction of sp³-hybridized carbons (Fsp3) is 0.583. The fourth-order valence-electron chi connectivity index (χ4n) is 8.42. The lowest BCUT2D eigenvalue weighted by atomic mass is 9.69. The molecule has 1 N–H and O–H groups in total. The Morgan fingerprint density at radius 3 is 2.62 bits per heavy atom. The van der Waals surface area contributed by atoms with E-state index < -0.39 is 17.5 Å². The van der Waals surface area contributed by atoms with Crippen molar-refractivity contribution in [3.05, 3.63) is 59.5 Å². The van der Waals surface area contributed by atoms with E-state index in [4.69, 9.17) is 4.98 Å². The standard InChI is InChI=1S/C36H45F3N8/c1-34-21-47(20-27(34)14-25(15-30(34)36(37,38)39)19-46-13-10-35(22-46)8-9-35)32-17-26(16-31(43-32)41-12-6-24-4-5-24)29-18-40-11-7-28(29)33-44(2)23-42-45(33)3/h7,11,14-18,23-24,30,33H,4-6,8-10,12-13,19-22H2,1-3H3,(H,41,43). The predicted molar refractivity (Wildman–Crippen MR) is 179 cm³/mol. The highest BCUT2D eigenvalue weighted by molar-refractivity contribution is 5.74. The molecule has 0 bridgehead atoms. The van der Waals surface area contributed by atoms with Crippen LogP contribution in [0.4, 0.5) is 24.8 Å². The molecule has 3 aliphatic heterocycles. The van der Waals surface area contributed by atoms with Crippen LogP contribution in [0.3, 0.4) is 0 Å². The van der Waals surface area contributed by atoms with E-state index in [1.165, 1.54) is 38.2 Å². The van der Waals surface area contributed by atoms with E-state index in [0.29, 0.717) is 24.3 Å². The van der Waals surface area contributed by atoms with Gasteiger partial charge in [-0.15, -0.1) is 0 Å². The number of hydrogen-bond donors (Lipinski definition) is 1. The molecule has 2 saturated carbocycles. The number of hydrazone groups is 1. The van der Waals surface area contributed by atoms with Crippen LogP contribution in [0, 0.1) is 22.7 Å². The van der Waals surface area contributed by atoms with E-state index in [1.54, 1.807) is 13.1 Å². The molecular weight excluding hydrogens is 601 g/mol. The minimum atomic E-state index is -4.34. The van der Waals surface area contributed by atoms with Gasteiger partial charge in [-0.2, -0.15) is 18.3 Å². The van der Waals surface area contributed by atoms with Crippen molar-refractivity contribution in [1.29, 1.82) is 0 Å². The van der Waals surface area contributed by atoms with Crippen molar-refractivity contribution in [3.63, 3.8) is 0 Å². The summed E-state index contributed by atoms with van der Waals surface area (Å²) in [6.07, 6.45) is 12.0. The average molecular weight is 647 g/mol. The Balaban J connectivity index is 1.12. The van der Waals surface area contributed by atoms with Crippen molar-refractivity contribution >= 4 is 18.0 Å². The third-order valence-electron chi connectivity index (χ3n) is 11.6. The third kappa shape index (κ3) is 5.89. The molecule has 47 heavy (non-hydrogen) atoms. The molecule has 0 radical (unpaired) electrons. The zero-order chi connectivity index (χ0) is 32.6. The molecule has 5 heterocycles. The lowest BCUT2D eigenvalue weighted by Gasteiger charge is -2.38. The number of nitrogens with zero attached hydrogens (tertiary/aromatic N) is 7. The molecule has 11 heteroatoms. The van der Waals surface area contributed by atoms with Crippen molar-refractivity contribution in [2.75, 3.05) is 63.6 Å². The minimum Gasteiger partial charge on any atom is -0.370 e. The van der Waals surface area contributed by atoms with Crippen molar-refractivity contribution in [3.8, 4) is 11.1 Å². The van der Waals surface area contributed by atoms with Crippen molar-refractivity contribution in [1.82, 2.24) is 24.8 Å². The van der Waals surface area contributed by atoms with Gasteiger partial charge in [0.15, 0.2) is 0 Å². The number of fused-ring (bicyclic) bond motifs is 1. The summed E-state index contributed by atoms with van der Waals surface area (Å²) in [7, 11) is 3.95. The summed E-state index contributed by atoms with van der Waals surface area (Å²) in [6.45, 7) is 5.85. The van der Waals surface area contributed by atoms with Crippen molar-refractivity contribution < 1.29 is 13.2 Å². The van der Waals surface area contributed by atoms with Gasteiger partial charge in [0.2, 0.25) is 0 Å². The van der Waals surface area contributed by atoms with Gasteiger partial charge in [-0.05, 0) is 78.5 Å². The van der Waals surface area contributed by atoms with Gasteiger partial charge in [0.1, 0.15) is 24.1 Å². The Bertz CT molecular complexity index is 1610. The van der Waals surface area contributed by atoms with Crippen LogP contribution in [0.25, 0.3) is 11.1 Å². The zero-order valence-electron chi connectivity index (χ0n) is 27.6. The average Bonchev–Trinajstić information content (AvgIpc) is 3.90. The van der Waals surface area contributed by atoms with E-state index >= 15 is 0 Å². The number of pyridine rings is 2. The van der Waals surface area contributed by atoms with E-state index in [-0.39, 0.29) is 12.7 Å². The number of aromatic nitrogens is 2. The number of rotatable bonds is 9. The van der Waals surface area contributed by atoms with Gasteiger partial charge in [-0.3, -0.25) is 14.9 Å². The molecule has 2 aromatic heterocycles. The van der Waals surface area contributed by atoms with Crippen LogP contribution in [0.5, 0.6) is 0 Å². The van der Waals surface area contributed by atoms with Crippen LogP contribution in [0.15, 0.2) is 59.0 Å². The second kappa shape index (κ2) is 11.2. The number of hydrogen-bond acceptors (Lipinski definition) is 8. The van der Waals surface area contributed by atoms with Gasteiger partial charge >= 0.3 is 6.18 Å². The van der Waals surface area contributed by atoms with Gasteiger partial charge in [-0.1, -0.05) is 31.9 Å². The Hall–Kier alpha value is -3.60. The lowest BCUT2D eigenvalue weighted by molar-refractivity contribution is -0.182. The fourth-order valence-corrected chi connectivity index (χ4v) is 8.42. The normalized spacial score (nSPS) is 28.3. The quantitative estimate of drug-likeness (QED) is 0.333. The smallest absolute Gasteiger partial charge is 0.370 e. The first-order valence-corrected chi connectivity index (χ1v) is 17.1. The van der Waals surface area contributed by atoms with Crippen molar-refractivity contribution in [2.24, 2.45) is 27.8 Å². The maximum Gasteiger partial charge on any atom is 0.396 e. The first-order valence-electron chi connectivity index (χ1n) is 17.1.